The van der Waals surface area contributed by atoms with Gasteiger partial charge in [-0.15, -0.1) is 0 Å². The van der Waals surface area contributed by atoms with Crippen LogP contribution < -0.4 is 0 Å². The average Bonchev–Trinajstić information content (AvgIpc) is 2.81. The summed E-state index contributed by atoms with van der Waals surface area (Å²) in [6.07, 6.45) is 1.66. The van der Waals surface area contributed by atoms with Crippen LogP contribution in [0.15, 0.2) is 42.6 Å². The number of ketones is 1. The highest BCUT2D eigenvalue weighted by Crippen LogP contribution is 2.26. The zero-order valence-corrected chi connectivity index (χ0v) is 11.5. The highest BCUT2D eigenvalue weighted by atomic mass is 35.5. The lowest BCUT2D eigenvalue weighted by atomic mass is 10.0. The van der Waals surface area contributed by atoms with Gasteiger partial charge in [-0.2, -0.15) is 0 Å². The number of aryl methyl sites for hydroxylation is 1. The Morgan fingerprint density at radius 1 is 1.15 bits per heavy atom. The van der Waals surface area contributed by atoms with E-state index in [2.05, 4.69) is 4.98 Å². The van der Waals surface area contributed by atoms with Crippen LogP contribution in [0.1, 0.15) is 21.5 Å². The second kappa shape index (κ2) is 4.76. The number of aromatic nitrogens is 1. The number of rotatable bonds is 2. The molecule has 0 aliphatic heterocycles. The lowest BCUT2D eigenvalue weighted by Gasteiger charge is -2.03. The van der Waals surface area contributed by atoms with Gasteiger partial charge in [0.2, 0.25) is 0 Å². The fourth-order valence-corrected chi connectivity index (χ4v) is 2.49. The molecule has 0 unspecified atom stereocenters. The predicted octanol–water partition coefficient (Wildman–Crippen LogP) is 4.50. The zero-order valence-electron chi connectivity index (χ0n) is 10.7. The quantitative estimate of drug-likeness (QED) is 0.692. The Bertz CT molecular complexity index is 822. The Morgan fingerprint density at radius 3 is 2.70 bits per heavy atom. The monoisotopic (exact) mass is 287 g/mol. The Morgan fingerprint density at radius 2 is 1.95 bits per heavy atom. The van der Waals surface area contributed by atoms with E-state index in [-0.39, 0.29) is 10.8 Å². The highest BCUT2D eigenvalue weighted by molar-refractivity contribution is 6.35. The highest BCUT2D eigenvalue weighted by Gasteiger charge is 2.17. The van der Waals surface area contributed by atoms with Gasteiger partial charge < -0.3 is 4.98 Å². The maximum atomic E-state index is 13.1. The molecule has 0 amide bonds. The molecule has 1 N–H and O–H groups in total. The molecular formula is C16H11ClFNO. The number of halogens is 2. The first kappa shape index (κ1) is 12.9. The van der Waals surface area contributed by atoms with Gasteiger partial charge in [0, 0.05) is 28.2 Å². The van der Waals surface area contributed by atoms with Crippen LogP contribution in [0, 0.1) is 12.7 Å². The van der Waals surface area contributed by atoms with E-state index < -0.39 is 5.82 Å². The number of hydrogen-bond acceptors (Lipinski definition) is 1. The van der Waals surface area contributed by atoms with Crippen LogP contribution in [0.5, 0.6) is 0 Å². The van der Waals surface area contributed by atoms with Crippen molar-refractivity contribution in [1.82, 2.24) is 4.98 Å². The Labute approximate surface area is 120 Å². The van der Waals surface area contributed by atoms with E-state index >= 15 is 0 Å². The number of aromatic amines is 1. The van der Waals surface area contributed by atoms with Crippen molar-refractivity contribution in [3.8, 4) is 0 Å². The van der Waals surface area contributed by atoms with Gasteiger partial charge in [-0.05, 0) is 37.3 Å². The van der Waals surface area contributed by atoms with Crippen LogP contribution >= 0.6 is 11.6 Å². The van der Waals surface area contributed by atoms with Crippen molar-refractivity contribution in [3.63, 3.8) is 0 Å². The zero-order chi connectivity index (χ0) is 14.3. The van der Waals surface area contributed by atoms with Crippen LogP contribution in [-0.2, 0) is 0 Å². The Hall–Kier alpha value is -2.13. The molecular weight excluding hydrogens is 277 g/mol. The van der Waals surface area contributed by atoms with E-state index in [0.29, 0.717) is 11.1 Å². The van der Waals surface area contributed by atoms with Gasteiger partial charge in [0.1, 0.15) is 5.82 Å². The molecule has 0 spiro atoms. The van der Waals surface area contributed by atoms with Crippen LogP contribution in [0.25, 0.3) is 10.9 Å². The van der Waals surface area contributed by atoms with Crippen molar-refractivity contribution < 1.29 is 9.18 Å². The number of H-pyrrole nitrogens is 1. The fourth-order valence-electron chi connectivity index (χ4n) is 2.24. The molecule has 3 rings (SSSR count). The molecule has 0 saturated carbocycles. The van der Waals surface area contributed by atoms with Crippen molar-refractivity contribution >= 4 is 28.3 Å². The molecule has 1 aromatic heterocycles. The summed E-state index contributed by atoms with van der Waals surface area (Å²) in [5, 5.41) is 0.965. The molecule has 0 aliphatic carbocycles. The third-order valence-corrected chi connectivity index (χ3v) is 3.57. The SMILES string of the molecule is Cc1ccc2[nH]cc(C(=O)c3ccc(F)cc3Cl)c2c1. The molecule has 3 aromatic rings. The molecule has 1 heterocycles. The molecule has 0 bridgehead atoms. The largest absolute Gasteiger partial charge is 0.360 e. The van der Waals surface area contributed by atoms with E-state index in [1.54, 1.807) is 6.20 Å². The van der Waals surface area contributed by atoms with E-state index in [4.69, 9.17) is 11.6 Å². The third-order valence-electron chi connectivity index (χ3n) is 3.26. The minimum Gasteiger partial charge on any atom is -0.360 e. The van der Waals surface area contributed by atoms with E-state index in [1.807, 2.05) is 25.1 Å². The molecule has 20 heavy (non-hydrogen) atoms. The number of hydrogen-bond donors (Lipinski definition) is 1. The smallest absolute Gasteiger partial charge is 0.196 e. The van der Waals surface area contributed by atoms with E-state index in [0.717, 1.165) is 22.5 Å². The normalized spacial score (nSPS) is 10.9. The maximum absolute atomic E-state index is 13.1. The van der Waals surface area contributed by atoms with Gasteiger partial charge in [0.25, 0.3) is 0 Å². The lowest BCUT2D eigenvalue weighted by Crippen LogP contribution is -2.01. The topological polar surface area (TPSA) is 32.9 Å². The van der Waals surface area contributed by atoms with Crippen molar-refractivity contribution in [2.24, 2.45) is 0 Å². The molecule has 100 valence electrons. The summed E-state index contributed by atoms with van der Waals surface area (Å²) in [4.78, 5) is 15.6. The van der Waals surface area contributed by atoms with Gasteiger partial charge in [0.15, 0.2) is 5.78 Å². The molecule has 2 aromatic carbocycles. The first-order valence-corrected chi connectivity index (χ1v) is 6.51. The second-order valence-electron chi connectivity index (χ2n) is 4.70. The van der Waals surface area contributed by atoms with Crippen LogP contribution in [0.3, 0.4) is 0 Å². The van der Waals surface area contributed by atoms with Gasteiger partial charge in [-0.1, -0.05) is 23.2 Å². The van der Waals surface area contributed by atoms with Gasteiger partial charge in [0.05, 0.1) is 5.02 Å². The first-order valence-electron chi connectivity index (χ1n) is 6.14. The number of carbonyl (C=O) groups excluding carboxylic acids is 1. The fraction of sp³-hybridized carbons (Fsp3) is 0.0625. The number of benzene rings is 2. The number of fused-ring (bicyclic) bond motifs is 1. The van der Waals surface area contributed by atoms with Crippen LogP contribution in [-0.4, -0.2) is 10.8 Å². The second-order valence-corrected chi connectivity index (χ2v) is 5.11. The summed E-state index contributed by atoms with van der Waals surface area (Å²) in [6.45, 7) is 1.96. The van der Waals surface area contributed by atoms with Gasteiger partial charge in [-0.3, -0.25) is 4.79 Å². The molecule has 0 radical (unpaired) electrons. The van der Waals surface area contributed by atoms with Crippen molar-refractivity contribution in [2.45, 2.75) is 6.92 Å². The van der Waals surface area contributed by atoms with Gasteiger partial charge >= 0.3 is 0 Å². The molecule has 0 saturated heterocycles. The van der Waals surface area contributed by atoms with Gasteiger partial charge in [-0.25, -0.2) is 4.39 Å². The van der Waals surface area contributed by atoms with Crippen LogP contribution in [0.2, 0.25) is 5.02 Å². The number of nitrogens with one attached hydrogen (secondary N) is 1. The third kappa shape index (κ3) is 2.10. The minimum absolute atomic E-state index is 0.122. The lowest BCUT2D eigenvalue weighted by molar-refractivity contribution is 0.104. The Balaban J connectivity index is 2.15. The first-order chi connectivity index (χ1) is 9.56. The van der Waals surface area contributed by atoms with Crippen molar-refractivity contribution in [2.75, 3.05) is 0 Å². The van der Waals surface area contributed by atoms with E-state index in [9.17, 15) is 9.18 Å². The predicted molar refractivity (Wildman–Crippen MR) is 77.9 cm³/mol. The summed E-state index contributed by atoms with van der Waals surface area (Å²) in [5.74, 6) is -0.673. The number of carbonyl (C=O) groups is 1. The Kier molecular flexibility index (Phi) is 3.07. The summed E-state index contributed by atoms with van der Waals surface area (Å²) >= 11 is 5.95. The minimum atomic E-state index is -0.457. The summed E-state index contributed by atoms with van der Waals surface area (Å²) < 4.78 is 13.1. The van der Waals surface area contributed by atoms with Crippen molar-refractivity contribution in [1.29, 1.82) is 0 Å². The van der Waals surface area contributed by atoms with E-state index in [1.165, 1.54) is 12.1 Å². The standard InChI is InChI=1S/C16H11ClFNO/c1-9-2-5-15-12(6-9)13(8-19-15)16(20)11-4-3-10(18)7-14(11)17/h2-8,19H,1H3. The summed E-state index contributed by atoms with van der Waals surface area (Å²) in [7, 11) is 0. The molecule has 0 fully saturated rings. The molecule has 4 heteroatoms. The molecule has 2 nitrogen and oxygen atoms in total. The molecule has 0 aliphatic rings. The van der Waals surface area contributed by atoms with Crippen molar-refractivity contribution in [3.05, 3.63) is 70.1 Å². The molecule has 0 atom stereocenters. The maximum Gasteiger partial charge on any atom is 0.196 e. The average molecular weight is 288 g/mol. The summed E-state index contributed by atoms with van der Waals surface area (Å²) in [5.41, 5.74) is 2.79. The van der Waals surface area contributed by atoms with Crippen LogP contribution in [0.4, 0.5) is 4.39 Å². The summed E-state index contributed by atoms with van der Waals surface area (Å²) in [6, 6.07) is 9.63.